The monoisotopic (exact) mass is 947 g/mol. The molecular formula is C63H110O5. The third-order valence-electron chi connectivity index (χ3n) is 12.7. The molecule has 5 heteroatoms. The molecule has 1 atom stereocenters. The van der Waals surface area contributed by atoms with Crippen molar-refractivity contribution in [2.24, 2.45) is 0 Å². The van der Waals surface area contributed by atoms with E-state index in [9.17, 15) is 14.7 Å². The fourth-order valence-corrected chi connectivity index (χ4v) is 8.36. The second-order valence-electron chi connectivity index (χ2n) is 19.3. The minimum Gasteiger partial charge on any atom is -0.462 e. The van der Waals surface area contributed by atoms with Gasteiger partial charge in [0.2, 0.25) is 0 Å². The van der Waals surface area contributed by atoms with Crippen molar-refractivity contribution in [1.82, 2.24) is 0 Å². The molecule has 0 fully saturated rings. The van der Waals surface area contributed by atoms with Gasteiger partial charge in [0.25, 0.3) is 0 Å². The Hall–Kier alpha value is -2.92. The lowest BCUT2D eigenvalue weighted by Crippen LogP contribution is -2.28. The fraction of sp³-hybridized carbons (Fsp3) is 0.746. The molecule has 5 nitrogen and oxygen atoms in total. The van der Waals surface area contributed by atoms with Crippen molar-refractivity contribution >= 4 is 11.9 Å². The summed E-state index contributed by atoms with van der Waals surface area (Å²) in [5.74, 6) is -0.582. The van der Waals surface area contributed by atoms with Crippen LogP contribution in [0.1, 0.15) is 284 Å². The summed E-state index contributed by atoms with van der Waals surface area (Å²) in [6, 6.07) is 0. The highest BCUT2D eigenvalue weighted by Crippen LogP contribution is 2.17. The minimum absolute atomic E-state index is 0.0648. The fourth-order valence-electron chi connectivity index (χ4n) is 8.36. The summed E-state index contributed by atoms with van der Waals surface area (Å²) in [6.07, 6.45) is 81.3. The number of hydrogen-bond donors (Lipinski definition) is 1. The summed E-state index contributed by atoms with van der Waals surface area (Å²) >= 11 is 0. The van der Waals surface area contributed by atoms with Crippen molar-refractivity contribution in [2.45, 2.75) is 290 Å². The molecule has 0 amide bonds. The molecule has 0 aliphatic heterocycles. The molecule has 1 N–H and O–H groups in total. The molecule has 0 rings (SSSR count). The number of carbonyl (C=O) groups excluding carboxylic acids is 2. The summed E-state index contributed by atoms with van der Waals surface area (Å²) in [7, 11) is 0. The Labute approximate surface area is 422 Å². The molecule has 0 aliphatic rings. The van der Waals surface area contributed by atoms with E-state index in [2.05, 4.69) is 98.9 Å². The van der Waals surface area contributed by atoms with Crippen LogP contribution in [0.5, 0.6) is 0 Å². The number of ether oxygens (including phenoxy) is 2. The molecule has 0 aromatic carbocycles. The van der Waals surface area contributed by atoms with E-state index < -0.39 is 6.10 Å². The number of aliphatic hydroxyl groups is 1. The average Bonchev–Trinajstić information content (AvgIpc) is 3.34. The zero-order valence-corrected chi connectivity index (χ0v) is 44.9. The maximum atomic E-state index is 12.3. The smallest absolute Gasteiger partial charge is 0.306 e. The number of unbranched alkanes of at least 4 members (excludes halogenated alkanes) is 31. The van der Waals surface area contributed by atoms with Gasteiger partial charge in [0.15, 0.2) is 6.10 Å². The topological polar surface area (TPSA) is 72.8 Å². The first-order valence-corrected chi connectivity index (χ1v) is 29.1. The van der Waals surface area contributed by atoms with Gasteiger partial charge in [-0.1, -0.05) is 285 Å². The third-order valence-corrected chi connectivity index (χ3v) is 12.7. The number of aliphatic hydroxyl groups excluding tert-OH is 1. The van der Waals surface area contributed by atoms with Gasteiger partial charge < -0.3 is 14.6 Å². The molecule has 0 saturated carbocycles. The highest BCUT2D eigenvalue weighted by atomic mass is 16.6. The van der Waals surface area contributed by atoms with Gasteiger partial charge in [0, 0.05) is 12.8 Å². The predicted octanol–water partition coefficient (Wildman–Crippen LogP) is 19.8. The van der Waals surface area contributed by atoms with E-state index in [0.717, 1.165) is 83.5 Å². The summed E-state index contributed by atoms with van der Waals surface area (Å²) in [5, 5.41) is 9.65. The highest BCUT2D eigenvalue weighted by Gasteiger charge is 2.16. The number of allylic oxidation sites excluding steroid dienone is 14. The molecule has 0 radical (unpaired) electrons. The van der Waals surface area contributed by atoms with Crippen molar-refractivity contribution in [3.05, 3.63) is 85.1 Å². The first kappa shape index (κ1) is 65.1. The van der Waals surface area contributed by atoms with Crippen LogP contribution < -0.4 is 0 Å². The number of carbonyl (C=O) groups is 2. The first-order valence-electron chi connectivity index (χ1n) is 29.1. The van der Waals surface area contributed by atoms with E-state index in [4.69, 9.17) is 9.47 Å². The van der Waals surface area contributed by atoms with Gasteiger partial charge >= 0.3 is 11.9 Å². The first-order chi connectivity index (χ1) is 33.6. The number of hydrogen-bond acceptors (Lipinski definition) is 5. The van der Waals surface area contributed by atoms with Gasteiger partial charge in [-0.2, -0.15) is 0 Å². The quantitative estimate of drug-likeness (QED) is 0.0374. The molecule has 0 bridgehead atoms. The molecule has 0 heterocycles. The molecule has 392 valence electrons. The van der Waals surface area contributed by atoms with E-state index in [-0.39, 0.29) is 25.2 Å². The maximum absolute atomic E-state index is 12.3. The Morgan fingerprint density at radius 2 is 0.632 bits per heavy atom. The van der Waals surface area contributed by atoms with E-state index in [1.807, 2.05) is 0 Å². The Bertz CT molecular complexity index is 1250. The zero-order valence-electron chi connectivity index (χ0n) is 44.9. The Morgan fingerprint density at radius 3 is 0.956 bits per heavy atom. The standard InChI is InChI=1S/C63H110O5/c1-3-5-7-9-11-13-15-17-19-21-23-24-25-26-27-28-29-30-31-32-33-34-35-36-37-38-40-42-44-46-48-50-52-54-56-58-63(66)68-61(59-64)60-67-62(65)57-55-53-51-49-47-45-43-41-39-22-20-18-16-14-12-10-8-6-4-2/h5,7,11,13,17,19,23-24,26-27,29-30,32-33,61,64H,3-4,6,8-10,12,14-16,18,20-22,25,28,31,34-60H2,1-2H3/b7-5-,13-11-,19-17-,24-23-,27-26-,30-29-,33-32-. The van der Waals surface area contributed by atoms with Crippen LogP contribution in [0.3, 0.4) is 0 Å². The molecule has 0 aliphatic carbocycles. The Morgan fingerprint density at radius 1 is 0.353 bits per heavy atom. The van der Waals surface area contributed by atoms with Crippen LogP contribution >= 0.6 is 0 Å². The molecule has 68 heavy (non-hydrogen) atoms. The SMILES string of the molecule is CC/C=C\C/C=C\C/C=C\C/C=C\C/C=C\C/C=C\C/C=C\CCCCCCCCCCCCCCCC(=O)OC(CO)COC(=O)CCCCCCCCCCCCCCCCCCCCC. The van der Waals surface area contributed by atoms with Crippen LogP contribution in [0.25, 0.3) is 0 Å². The van der Waals surface area contributed by atoms with E-state index in [0.29, 0.717) is 12.8 Å². The van der Waals surface area contributed by atoms with E-state index in [1.54, 1.807) is 0 Å². The second kappa shape index (κ2) is 58.4. The van der Waals surface area contributed by atoms with Crippen LogP contribution in [-0.4, -0.2) is 36.4 Å². The second-order valence-corrected chi connectivity index (χ2v) is 19.3. The molecule has 1 unspecified atom stereocenters. The zero-order chi connectivity index (χ0) is 49.2. The Balaban J connectivity index is 3.50. The average molecular weight is 948 g/mol. The molecular weight excluding hydrogens is 837 g/mol. The van der Waals surface area contributed by atoms with Gasteiger partial charge in [-0.3, -0.25) is 9.59 Å². The van der Waals surface area contributed by atoms with E-state index >= 15 is 0 Å². The minimum atomic E-state index is -0.774. The van der Waals surface area contributed by atoms with Gasteiger partial charge in [0.1, 0.15) is 6.61 Å². The number of rotatable bonds is 53. The molecule has 0 aromatic rings. The van der Waals surface area contributed by atoms with Gasteiger partial charge in [-0.05, 0) is 70.6 Å². The highest BCUT2D eigenvalue weighted by molar-refractivity contribution is 5.70. The van der Waals surface area contributed by atoms with Crippen molar-refractivity contribution in [3.8, 4) is 0 Å². The summed E-state index contributed by atoms with van der Waals surface area (Å²) < 4.78 is 10.7. The van der Waals surface area contributed by atoms with Crippen molar-refractivity contribution in [2.75, 3.05) is 13.2 Å². The lowest BCUT2D eigenvalue weighted by molar-refractivity contribution is -0.161. The molecule has 0 spiro atoms. The van der Waals surface area contributed by atoms with Crippen LogP contribution in [0.4, 0.5) is 0 Å². The van der Waals surface area contributed by atoms with Gasteiger partial charge in [0.05, 0.1) is 6.61 Å². The molecule has 0 aromatic heterocycles. The lowest BCUT2D eigenvalue weighted by Gasteiger charge is -2.15. The van der Waals surface area contributed by atoms with E-state index in [1.165, 1.54) is 173 Å². The predicted molar refractivity (Wildman–Crippen MR) is 297 cm³/mol. The summed E-state index contributed by atoms with van der Waals surface area (Å²) in [4.78, 5) is 24.5. The Kier molecular flexibility index (Phi) is 55.9. The van der Waals surface area contributed by atoms with Crippen LogP contribution in [0.2, 0.25) is 0 Å². The summed E-state index contributed by atoms with van der Waals surface area (Å²) in [5.41, 5.74) is 0. The third kappa shape index (κ3) is 55.7. The van der Waals surface area contributed by atoms with Crippen molar-refractivity contribution < 1.29 is 24.2 Å². The van der Waals surface area contributed by atoms with Crippen LogP contribution in [0.15, 0.2) is 85.1 Å². The maximum Gasteiger partial charge on any atom is 0.306 e. The molecule has 0 saturated heterocycles. The van der Waals surface area contributed by atoms with Gasteiger partial charge in [-0.15, -0.1) is 0 Å². The van der Waals surface area contributed by atoms with Crippen molar-refractivity contribution in [3.63, 3.8) is 0 Å². The van der Waals surface area contributed by atoms with Crippen molar-refractivity contribution in [1.29, 1.82) is 0 Å². The van der Waals surface area contributed by atoms with Crippen LogP contribution in [0, 0.1) is 0 Å². The number of esters is 2. The van der Waals surface area contributed by atoms with Gasteiger partial charge in [-0.25, -0.2) is 0 Å². The largest absolute Gasteiger partial charge is 0.462 e. The normalized spacial score (nSPS) is 12.8. The van der Waals surface area contributed by atoms with Crippen LogP contribution in [-0.2, 0) is 19.1 Å². The lowest BCUT2D eigenvalue weighted by atomic mass is 10.0. The summed E-state index contributed by atoms with van der Waals surface area (Å²) in [6.45, 7) is 4.06.